The summed E-state index contributed by atoms with van der Waals surface area (Å²) < 4.78 is 4.31. The van der Waals surface area contributed by atoms with E-state index in [0.29, 0.717) is 0 Å². The number of hydrogen-bond acceptors (Lipinski definition) is 1. The molecule has 0 rings (SSSR count). The van der Waals surface area contributed by atoms with E-state index >= 15 is 0 Å². The molecule has 0 aromatic rings. The average molecular weight is 74.1 g/mol. The van der Waals surface area contributed by atoms with Gasteiger partial charge in [0, 0.05) is 0 Å². The summed E-state index contributed by atoms with van der Waals surface area (Å²) in [7, 11) is 1.56. The van der Waals surface area contributed by atoms with E-state index < -0.39 is 0 Å². The molecular weight excluding hydrogens is 64.0 g/mol. The van der Waals surface area contributed by atoms with Gasteiger partial charge in [0.25, 0.3) is 0 Å². The Labute approximate surface area is 33.3 Å². The molecule has 0 aliphatic rings. The number of hydrogen-bond donors (Lipinski definition) is 0. The zero-order valence-corrected chi connectivity index (χ0v) is 2.69. The van der Waals surface area contributed by atoms with Gasteiger partial charge in [0.2, 0.25) is 0 Å². The van der Waals surface area contributed by atoms with E-state index in [1.807, 2.05) is 0 Å². The summed E-state index contributed by atoms with van der Waals surface area (Å²) in [6.45, 7) is 3.26. The highest BCUT2D eigenvalue weighted by Gasteiger charge is 1.36. The zero-order valence-electron chi connectivity index (χ0n) is 2.69. The van der Waals surface area contributed by atoms with Crippen LogP contribution in [0.2, 0.25) is 0 Å². The Morgan fingerprint density at radius 3 is 2.00 bits per heavy atom. The normalized spacial score (nSPS) is 4.20. The molecule has 0 aromatic heterocycles. The second-order valence-corrected chi connectivity index (χ2v) is 0.402. The van der Waals surface area contributed by atoms with Crippen LogP contribution in [0.15, 0.2) is 12.8 Å². The van der Waals surface area contributed by atoms with Gasteiger partial charge < -0.3 is 4.74 Å². The molecule has 0 atom stereocenters. The third-order valence-corrected chi connectivity index (χ3v) is 0.167. The summed E-state index contributed by atoms with van der Waals surface area (Å²) in [6, 6.07) is 0. The van der Waals surface area contributed by atoms with Crippen LogP contribution in [-0.2, 0) is 4.74 Å². The van der Waals surface area contributed by atoms with Crippen LogP contribution in [0.3, 0.4) is 0 Å². The van der Waals surface area contributed by atoms with E-state index in [0.717, 1.165) is 0 Å². The van der Waals surface area contributed by atoms with Crippen LogP contribution in [0.25, 0.3) is 0 Å². The largest absolute Gasteiger partial charge is 0.505 e. The number of rotatable bonds is 1. The fraction of sp³-hybridized carbons (Fsp3) is 0.500. The lowest BCUT2D eigenvalue weighted by molar-refractivity contribution is 0.339. The van der Waals surface area contributed by atoms with Crippen molar-refractivity contribution in [2.24, 2.45) is 0 Å². The van der Waals surface area contributed by atoms with Crippen LogP contribution in [0, 0.1) is 0 Å². The van der Waals surface area contributed by atoms with Crippen molar-refractivity contribution < 1.29 is 4.74 Å². The van der Waals surface area contributed by atoms with Crippen LogP contribution in [0.1, 0.15) is 7.43 Å². The maximum Gasteiger partial charge on any atom is 0.0766 e. The van der Waals surface area contributed by atoms with Crippen LogP contribution in [0.5, 0.6) is 0 Å². The summed E-state index contributed by atoms with van der Waals surface area (Å²) in [6.07, 6.45) is 1.38. The van der Waals surface area contributed by atoms with Crippen molar-refractivity contribution >= 4 is 0 Å². The van der Waals surface area contributed by atoms with Crippen LogP contribution < -0.4 is 0 Å². The van der Waals surface area contributed by atoms with E-state index in [4.69, 9.17) is 0 Å². The first-order chi connectivity index (χ1) is 1.91. The van der Waals surface area contributed by atoms with Crippen LogP contribution >= 0.6 is 0 Å². The summed E-state index contributed by atoms with van der Waals surface area (Å²) in [4.78, 5) is 0. The van der Waals surface area contributed by atoms with Crippen molar-refractivity contribution in [1.29, 1.82) is 0 Å². The molecule has 32 valence electrons. The van der Waals surface area contributed by atoms with Gasteiger partial charge in [0.05, 0.1) is 13.4 Å². The van der Waals surface area contributed by atoms with Gasteiger partial charge in [-0.3, -0.25) is 0 Å². The second-order valence-electron chi connectivity index (χ2n) is 0.402. The Morgan fingerprint density at radius 2 is 2.00 bits per heavy atom. The van der Waals surface area contributed by atoms with Crippen molar-refractivity contribution in [1.82, 2.24) is 0 Å². The maximum atomic E-state index is 4.31. The van der Waals surface area contributed by atoms with Gasteiger partial charge in [-0.25, -0.2) is 0 Å². The Morgan fingerprint density at radius 1 is 1.80 bits per heavy atom. The third-order valence-electron chi connectivity index (χ3n) is 0.167. The predicted octanol–water partition coefficient (Wildman–Crippen LogP) is 1.41. The smallest absolute Gasteiger partial charge is 0.0766 e. The van der Waals surface area contributed by atoms with Gasteiger partial charge in [-0.05, 0) is 0 Å². The highest BCUT2D eigenvalue weighted by Crippen LogP contribution is 1.52. The minimum absolute atomic E-state index is 0. The molecule has 0 saturated carbocycles. The van der Waals surface area contributed by atoms with Gasteiger partial charge >= 0.3 is 0 Å². The maximum absolute atomic E-state index is 4.31. The molecule has 1 heteroatoms. The topological polar surface area (TPSA) is 9.23 Å². The van der Waals surface area contributed by atoms with Crippen molar-refractivity contribution in [2.45, 2.75) is 7.43 Å². The Hall–Kier alpha value is -0.460. The molecule has 0 spiro atoms. The molecule has 0 aliphatic heterocycles. The van der Waals surface area contributed by atoms with E-state index in [1.165, 1.54) is 6.26 Å². The highest BCUT2D eigenvalue weighted by atomic mass is 16.5. The quantitative estimate of drug-likeness (QED) is 0.427. The van der Waals surface area contributed by atoms with Crippen molar-refractivity contribution in [3.63, 3.8) is 0 Å². The first-order valence-electron chi connectivity index (χ1n) is 1.05. The Bertz CT molecular complexity index is 17.6. The number of ether oxygens (including phenoxy) is 1. The van der Waals surface area contributed by atoms with Gasteiger partial charge in [-0.2, -0.15) is 0 Å². The Balaban J connectivity index is 0. The predicted molar refractivity (Wildman–Crippen MR) is 23.9 cm³/mol. The minimum atomic E-state index is 0. The second kappa shape index (κ2) is 9.63. The van der Waals surface area contributed by atoms with Crippen molar-refractivity contribution in [3.8, 4) is 0 Å². The summed E-state index contributed by atoms with van der Waals surface area (Å²) >= 11 is 0. The van der Waals surface area contributed by atoms with Gasteiger partial charge in [0.15, 0.2) is 0 Å². The molecule has 5 heavy (non-hydrogen) atoms. The molecular formula is C4H10O. The SMILES string of the molecule is C.C=COC. The molecule has 0 amide bonds. The zero-order chi connectivity index (χ0) is 3.41. The third kappa shape index (κ3) is 28.8. The van der Waals surface area contributed by atoms with E-state index in [9.17, 15) is 0 Å². The van der Waals surface area contributed by atoms with Crippen molar-refractivity contribution in [3.05, 3.63) is 12.8 Å². The average Bonchev–Trinajstić information content (AvgIpc) is 1.37. The molecule has 0 heterocycles. The van der Waals surface area contributed by atoms with Crippen LogP contribution in [-0.4, -0.2) is 7.11 Å². The lowest BCUT2D eigenvalue weighted by Gasteiger charge is -1.73. The van der Waals surface area contributed by atoms with E-state index in [2.05, 4.69) is 11.3 Å². The monoisotopic (exact) mass is 74.1 g/mol. The fourth-order valence-corrected chi connectivity index (χ4v) is 0. The molecule has 1 nitrogen and oxygen atoms in total. The molecule has 0 aromatic carbocycles. The summed E-state index contributed by atoms with van der Waals surface area (Å²) in [5.41, 5.74) is 0. The first kappa shape index (κ1) is 8.82. The van der Waals surface area contributed by atoms with E-state index in [-0.39, 0.29) is 7.43 Å². The Kier molecular flexibility index (Phi) is 17.0. The van der Waals surface area contributed by atoms with Gasteiger partial charge in [0.1, 0.15) is 0 Å². The molecule has 0 saturated heterocycles. The lowest BCUT2D eigenvalue weighted by Crippen LogP contribution is -1.54. The molecule has 0 fully saturated rings. The molecule has 0 unspecified atom stereocenters. The van der Waals surface area contributed by atoms with Gasteiger partial charge in [-0.1, -0.05) is 14.0 Å². The molecule has 0 N–H and O–H groups in total. The van der Waals surface area contributed by atoms with Crippen molar-refractivity contribution in [2.75, 3.05) is 7.11 Å². The lowest BCUT2D eigenvalue weighted by atomic mass is 11.2. The standard InChI is InChI=1S/C3H6O.CH4/c1-3-4-2;/h3H,1H2,2H3;1H4. The summed E-state index contributed by atoms with van der Waals surface area (Å²) in [5, 5.41) is 0. The molecule has 0 bridgehead atoms. The first-order valence-corrected chi connectivity index (χ1v) is 1.05. The molecule has 0 radical (unpaired) electrons. The molecule has 0 aliphatic carbocycles. The van der Waals surface area contributed by atoms with E-state index in [1.54, 1.807) is 7.11 Å². The highest BCUT2D eigenvalue weighted by molar-refractivity contribution is 4.43. The summed E-state index contributed by atoms with van der Waals surface area (Å²) in [5.74, 6) is 0. The minimum Gasteiger partial charge on any atom is -0.505 e. The van der Waals surface area contributed by atoms with Crippen LogP contribution in [0.4, 0.5) is 0 Å². The number of methoxy groups -OCH3 is 1. The van der Waals surface area contributed by atoms with Gasteiger partial charge in [-0.15, -0.1) is 0 Å². The fourth-order valence-electron chi connectivity index (χ4n) is 0.